The fourth-order valence-corrected chi connectivity index (χ4v) is 2.90. The molecular formula is C9H10ClN5O2S. The largest absolute Gasteiger partial charge is 0.242 e. The first-order valence-electron chi connectivity index (χ1n) is 4.97. The van der Waals surface area contributed by atoms with Crippen LogP contribution in [0.15, 0.2) is 23.1 Å². The average molecular weight is 288 g/mol. The predicted molar refractivity (Wildman–Crippen MR) is 64.4 cm³/mol. The van der Waals surface area contributed by atoms with Crippen molar-refractivity contribution in [1.82, 2.24) is 25.3 Å². The molecule has 0 atom stereocenters. The predicted octanol–water partition coefficient (Wildman–Crippen LogP) is 0.640. The average Bonchev–Trinajstić information content (AvgIpc) is 2.78. The van der Waals surface area contributed by atoms with Crippen molar-refractivity contribution in [3.8, 4) is 0 Å². The van der Waals surface area contributed by atoms with Gasteiger partial charge in [0, 0.05) is 0 Å². The van der Waals surface area contributed by atoms with E-state index in [1.54, 1.807) is 12.1 Å². The van der Waals surface area contributed by atoms with Gasteiger partial charge in [-0.15, -0.1) is 10.2 Å². The van der Waals surface area contributed by atoms with Crippen LogP contribution in [0.5, 0.6) is 0 Å². The van der Waals surface area contributed by atoms with Gasteiger partial charge in [0.05, 0.1) is 11.6 Å². The first kappa shape index (κ1) is 12.9. The lowest BCUT2D eigenvalue weighted by Gasteiger charge is -2.07. The fraction of sp³-hybridized carbons (Fsp3) is 0.222. The molecule has 1 aromatic carbocycles. The maximum Gasteiger partial charge on any atom is 0.242 e. The molecule has 2 rings (SSSR count). The van der Waals surface area contributed by atoms with Crippen molar-refractivity contribution in [2.45, 2.75) is 18.4 Å². The van der Waals surface area contributed by atoms with Crippen LogP contribution in [0, 0.1) is 6.92 Å². The first-order chi connectivity index (χ1) is 8.49. The molecule has 0 bridgehead atoms. The van der Waals surface area contributed by atoms with E-state index in [1.807, 2.05) is 6.92 Å². The molecule has 0 amide bonds. The third-order valence-electron chi connectivity index (χ3n) is 2.19. The Morgan fingerprint density at radius 1 is 1.44 bits per heavy atom. The molecule has 9 heteroatoms. The molecule has 0 aliphatic carbocycles. The Morgan fingerprint density at radius 3 is 2.83 bits per heavy atom. The number of hydrogen-bond acceptors (Lipinski definition) is 5. The zero-order valence-electron chi connectivity index (χ0n) is 9.38. The summed E-state index contributed by atoms with van der Waals surface area (Å²) in [4.78, 5) is 0.0262. The number of halogens is 1. The second kappa shape index (κ2) is 5.01. The number of aromatic amines is 1. The molecule has 0 saturated carbocycles. The van der Waals surface area contributed by atoms with Crippen LogP contribution in [-0.2, 0) is 16.6 Å². The lowest BCUT2D eigenvalue weighted by atomic mass is 10.2. The number of aryl methyl sites for hydroxylation is 1. The van der Waals surface area contributed by atoms with Crippen molar-refractivity contribution in [1.29, 1.82) is 0 Å². The van der Waals surface area contributed by atoms with Crippen LogP contribution in [0.1, 0.15) is 11.4 Å². The van der Waals surface area contributed by atoms with Gasteiger partial charge in [-0.1, -0.05) is 22.9 Å². The third-order valence-corrected chi connectivity index (χ3v) is 4.07. The van der Waals surface area contributed by atoms with Gasteiger partial charge in [-0.2, -0.15) is 5.21 Å². The standard InChI is InChI=1S/C9H10ClN5O2S/c1-6-2-3-8(7(10)4-6)18(16,17)11-5-9-12-14-15-13-9/h2-4,11H,5H2,1H3,(H,12,13,14,15). The van der Waals surface area contributed by atoms with E-state index in [4.69, 9.17) is 11.6 Å². The number of nitrogens with one attached hydrogen (secondary N) is 2. The van der Waals surface area contributed by atoms with Crippen molar-refractivity contribution < 1.29 is 8.42 Å². The Kier molecular flexibility index (Phi) is 3.60. The number of H-pyrrole nitrogens is 1. The van der Waals surface area contributed by atoms with Crippen molar-refractivity contribution in [2.24, 2.45) is 0 Å². The molecule has 0 radical (unpaired) electrons. The fourth-order valence-electron chi connectivity index (χ4n) is 1.32. The molecule has 0 unspecified atom stereocenters. The molecule has 7 nitrogen and oxygen atoms in total. The van der Waals surface area contributed by atoms with Crippen LogP contribution in [0.25, 0.3) is 0 Å². The van der Waals surface area contributed by atoms with Crippen molar-refractivity contribution in [3.63, 3.8) is 0 Å². The SMILES string of the molecule is Cc1ccc(S(=O)(=O)NCc2nn[nH]n2)c(Cl)c1. The Morgan fingerprint density at radius 2 is 2.22 bits per heavy atom. The maximum atomic E-state index is 12.0. The molecular weight excluding hydrogens is 278 g/mol. The van der Waals surface area contributed by atoms with Gasteiger partial charge < -0.3 is 0 Å². The number of benzene rings is 1. The third kappa shape index (κ3) is 2.84. The Hall–Kier alpha value is -1.51. The lowest BCUT2D eigenvalue weighted by molar-refractivity contribution is 0.579. The van der Waals surface area contributed by atoms with Gasteiger partial charge in [-0.3, -0.25) is 0 Å². The van der Waals surface area contributed by atoms with Gasteiger partial charge in [-0.05, 0) is 24.6 Å². The molecule has 96 valence electrons. The summed E-state index contributed by atoms with van der Waals surface area (Å²) >= 11 is 5.91. The van der Waals surface area contributed by atoms with Crippen LogP contribution in [-0.4, -0.2) is 29.0 Å². The summed E-state index contributed by atoms with van der Waals surface area (Å²) in [7, 11) is -3.69. The molecule has 0 spiro atoms. The molecule has 1 aromatic heterocycles. The van der Waals surface area contributed by atoms with E-state index in [0.717, 1.165) is 5.56 Å². The Bertz CT molecular complexity index is 641. The van der Waals surface area contributed by atoms with E-state index in [2.05, 4.69) is 25.3 Å². The highest BCUT2D eigenvalue weighted by Gasteiger charge is 2.18. The van der Waals surface area contributed by atoms with Gasteiger partial charge in [0.15, 0.2) is 5.82 Å². The van der Waals surface area contributed by atoms with Crippen LogP contribution >= 0.6 is 11.6 Å². The second-order valence-electron chi connectivity index (χ2n) is 3.59. The van der Waals surface area contributed by atoms with E-state index in [-0.39, 0.29) is 22.3 Å². The Balaban J connectivity index is 2.20. The highest BCUT2D eigenvalue weighted by Crippen LogP contribution is 2.22. The minimum atomic E-state index is -3.69. The number of aromatic nitrogens is 4. The Labute approximate surface area is 109 Å². The highest BCUT2D eigenvalue weighted by atomic mass is 35.5. The van der Waals surface area contributed by atoms with E-state index in [9.17, 15) is 8.42 Å². The number of rotatable bonds is 4. The molecule has 0 aliphatic heterocycles. The molecule has 2 aromatic rings. The van der Waals surface area contributed by atoms with Crippen molar-refractivity contribution >= 4 is 21.6 Å². The normalized spacial score (nSPS) is 11.7. The van der Waals surface area contributed by atoms with Gasteiger partial charge in [0.1, 0.15) is 4.90 Å². The second-order valence-corrected chi connectivity index (χ2v) is 5.73. The zero-order valence-corrected chi connectivity index (χ0v) is 11.0. The van der Waals surface area contributed by atoms with E-state index >= 15 is 0 Å². The highest BCUT2D eigenvalue weighted by molar-refractivity contribution is 7.89. The molecule has 1 heterocycles. The van der Waals surface area contributed by atoms with E-state index in [1.165, 1.54) is 6.07 Å². The topological polar surface area (TPSA) is 101 Å². The first-order valence-corrected chi connectivity index (χ1v) is 6.83. The van der Waals surface area contributed by atoms with E-state index < -0.39 is 10.0 Å². The number of tetrazole rings is 1. The summed E-state index contributed by atoms with van der Waals surface area (Å²) in [6, 6.07) is 4.72. The number of nitrogens with zero attached hydrogens (tertiary/aromatic N) is 3. The molecule has 0 saturated heterocycles. The summed E-state index contributed by atoms with van der Waals surface area (Å²) in [5.74, 6) is 0.252. The summed E-state index contributed by atoms with van der Waals surface area (Å²) in [6.07, 6.45) is 0. The minimum absolute atomic E-state index is 0.0262. The molecule has 2 N–H and O–H groups in total. The van der Waals surface area contributed by atoms with Crippen LogP contribution in [0.3, 0.4) is 0 Å². The minimum Gasteiger partial charge on any atom is -0.207 e. The molecule has 0 aliphatic rings. The molecule has 0 fully saturated rings. The van der Waals surface area contributed by atoms with E-state index in [0.29, 0.717) is 0 Å². The smallest absolute Gasteiger partial charge is 0.207 e. The lowest BCUT2D eigenvalue weighted by Crippen LogP contribution is -2.24. The van der Waals surface area contributed by atoms with Gasteiger partial charge in [0.25, 0.3) is 0 Å². The van der Waals surface area contributed by atoms with Crippen LogP contribution in [0.2, 0.25) is 5.02 Å². The summed E-state index contributed by atoms with van der Waals surface area (Å²) < 4.78 is 26.3. The zero-order chi connectivity index (χ0) is 13.2. The van der Waals surface area contributed by atoms with Gasteiger partial charge in [-0.25, -0.2) is 13.1 Å². The number of hydrogen-bond donors (Lipinski definition) is 2. The molecule has 18 heavy (non-hydrogen) atoms. The van der Waals surface area contributed by atoms with Gasteiger partial charge in [0.2, 0.25) is 10.0 Å². The summed E-state index contributed by atoms with van der Waals surface area (Å²) in [5, 5.41) is 13.0. The van der Waals surface area contributed by atoms with Gasteiger partial charge >= 0.3 is 0 Å². The van der Waals surface area contributed by atoms with Crippen LogP contribution < -0.4 is 4.72 Å². The van der Waals surface area contributed by atoms with Crippen LogP contribution in [0.4, 0.5) is 0 Å². The summed E-state index contributed by atoms with van der Waals surface area (Å²) in [6.45, 7) is 1.78. The van der Waals surface area contributed by atoms with Crippen molar-refractivity contribution in [3.05, 3.63) is 34.6 Å². The number of sulfonamides is 1. The monoisotopic (exact) mass is 287 g/mol. The maximum absolute atomic E-state index is 12.0. The van der Waals surface area contributed by atoms with Crippen molar-refractivity contribution in [2.75, 3.05) is 0 Å². The summed E-state index contributed by atoms with van der Waals surface area (Å²) in [5.41, 5.74) is 0.886. The quantitative estimate of drug-likeness (QED) is 0.859.